The molecule has 33 rings (SSSR count). The van der Waals surface area contributed by atoms with Crippen LogP contribution in [0.25, 0.3) is 289 Å². The van der Waals surface area contributed by atoms with Crippen molar-refractivity contribution in [2.45, 2.75) is 0 Å². The predicted molar refractivity (Wildman–Crippen MR) is 608 cm³/mol. The van der Waals surface area contributed by atoms with Crippen LogP contribution in [0.1, 0.15) is 0 Å². The van der Waals surface area contributed by atoms with Gasteiger partial charge < -0.3 is 22.7 Å². The predicted octanol–water partition coefficient (Wildman–Crippen LogP) is 34.2. The number of fused-ring (bicyclic) bond motifs is 34. The van der Waals surface area contributed by atoms with Gasteiger partial charge in [-0.15, -0.1) is 22.7 Å². The van der Waals surface area contributed by atoms with Crippen LogP contribution in [0.5, 0.6) is 0 Å². The summed E-state index contributed by atoms with van der Waals surface area (Å²) >= 11 is 3.72. The third-order valence-corrected chi connectivity index (χ3v) is 32.0. The number of pyridine rings is 3. The molecule has 0 aliphatic carbocycles. The van der Waals surface area contributed by atoms with E-state index < -0.39 is 0 Å². The molecular formula is C130H77N13OS2. The Morgan fingerprint density at radius 3 is 1.11 bits per heavy atom. The lowest BCUT2D eigenvalue weighted by Gasteiger charge is -2.13. The number of benzene rings is 19. The van der Waals surface area contributed by atoms with Crippen molar-refractivity contribution >= 4 is 249 Å². The Hall–Kier alpha value is -19.3. The van der Waals surface area contributed by atoms with Crippen molar-refractivity contribution in [3.8, 4) is 62.8 Å². The van der Waals surface area contributed by atoms with Crippen molar-refractivity contribution < 1.29 is 4.42 Å². The summed E-state index contributed by atoms with van der Waals surface area (Å²) in [4.78, 5) is 30.0. The van der Waals surface area contributed by atoms with E-state index in [0.717, 1.165) is 133 Å². The topological polar surface area (TPSA) is 125 Å². The van der Waals surface area contributed by atoms with Crippen LogP contribution in [0.4, 0.5) is 0 Å². The highest BCUT2D eigenvalue weighted by molar-refractivity contribution is 7.26. The zero-order valence-corrected chi connectivity index (χ0v) is 79.6. The van der Waals surface area contributed by atoms with E-state index in [2.05, 4.69) is 396 Å². The van der Waals surface area contributed by atoms with E-state index in [1.807, 2.05) is 126 Å². The van der Waals surface area contributed by atoms with E-state index in [1.165, 1.54) is 138 Å². The van der Waals surface area contributed by atoms with Crippen LogP contribution in [-0.4, -0.2) is 61.9 Å². The SMILES string of the molecule is c1ccc(-c2nc(-c3ccccc3)nc(-n3c4ccncc4c4c3ccc3c5ccccc5n(-c5cccc(-n6c7ccccc7c7ccccc76)c5)c34)n2)cc1.c1ccc2c(c1)sc1ccc(-n3c4ccc5c6ccccc6n(-c6ccc7sc8ccccc8c7c6)c5c4c4cccnc43)cc12.c1ccc2cc(-n3c4ccc5c6ccccc6n(-c6ccc7oc8ccccc8c7c6)c5c4c4cccnc43)ccc2c1. The number of furan rings is 1. The van der Waals surface area contributed by atoms with E-state index in [9.17, 15) is 0 Å². The van der Waals surface area contributed by atoms with Gasteiger partial charge in [0, 0.05) is 197 Å². The number of thiophene rings is 2. The second-order valence-corrected chi connectivity index (χ2v) is 39.7. The smallest absolute Gasteiger partial charge is 0.238 e. The highest BCUT2D eigenvalue weighted by atomic mass is 32.1. The van der Waals surface area contributed by atoms with Gasteiger partial charge in [0.2, 0.25) is 5.95 Å². The molecule has 0 saturated heterocycles. The number of para-hydroxylation sites is 6. The molecule has 0 bridgehead atoms. The fraction of sp³-hybridized carbons (Fsp3) is 0. The lowest BCUT2D eigenvalue weighted by atomic mass is 10.1. The zero-order valence-electron chi connectivity index (χ0n) is 78.0. The Labute approximate surface area is 839 Å². The summed E-state index contributed by atoms with van der Waals surface area (Å²) < 4.78 is 28.0. The molecule has 14 aromatic heterocycles. The molecule has 0 aliphatic rings. The summed E-state index contributed by atoms with van der Waals surface area (Å²) in [5, 5.41) is 26.5. The first-order chi connectivity index (χ1) is 72.4. The van der Waals surface area contributed by atoms with Gasteiger partial charge in [-0.2, -0.15) is 9.97 Å². The Kier molecular flexibility index (Phi) is 18.0. The van der Waals surface area contributed by atoms with Crippen LogP contribution in [0.3, 0.4) is 0 Å². The third kappa shape index (κ3) is 12.3. The molecule has 0 amide bonds. The van der Waals surface area contributed by atoms with E-state index in [4.69, 9.17) is 34.3 Å². The number of nitrogens with zero attached hydrogens (tertiary/aromatic N) is 13. The molecule has 16 heteroatoms. The van der Waals surface area contributed by atoms with Crippen LogP contribution in [0.15, 0.2) is 472 Å². The monoisotopic (exact) mass is 1900 g/mol. The van der Waals surface area contributed by atoms with Crippen molar-refractivity contribution in [1.82, 2.24) is 61.9 Å². The minimum atomic E-state index is 0.546. The second-order valence-electron chi connectivity index (χ2n) is 37.5. The minimum absolute atomic E-state index is 0.546. The van der Waals surface area contributed by atoms with Crippen LogP contribution in [-0.2, 0) is 0 Å². The van der Waals surface area contributed by atoms with Crippen LogP contribution in [0.2, 0.25) is 0 Å². The van der Waals surface area contributed by atoms with E-state index in [-0.39, 0.29) is 0 Å². The average Bonchev–Trinajstić information content (AvgIpc) is 1.55. The summed E-state index contributed by atoms with van der Waals surface area (Å²) in [7, 11) is 0. The molecular weight excluding hydrogens is 1820 g/mol. The quantitative estimate of drug-likeness (QED) is 0.141. The van der Waals surface area contributed by atoms with Crippen molar-refractivity contribution in [3.05, 3.63) is 468 Å². The number of rotatable bonds is 9. The third-order valence-electron chi connectivity index (χ3n) is 29.7. The van der Waals surface area contributed by atoms with Crippen LogP contribution < -0.4 is 0 Å². The highest BCUT2D eigenvalue weighted by Gasteiger charge is 2.29. The Morgan fingerprint density at radius 2 is 0.575 bits per heavy atom. The second kappa shape index (κ2) is 32.1. The largest absolute Gasteiger partial charge is 0.456 e. The summed E-state index contributed by atoms with van der Waals surface area (Å²) in [6.45, 7) is 0. The number of aromatic nitrogens is 13. The Bertz CT molecular complexity index is 11200. The van der Waals surface area contributed by atoms with E-state index in [1.54, 1.807) is 0 Å². The molecule has 0 radical (unpaired) electrons. The Balaban J connectivity index is 0.000000101. The molecule has 0 aliphatic heterocycles. The van der Waals surface area contributed by atoms with Gasteiger partial charge >= 0.3 is 0 Å². The molecule has 14 heterocycles. The molecule has 146 heavy (non-hydrogen) atoms. The molecule has 680 valence electrons. The lowest BCUT2D eigenvalue weighted by molar-refractivity contribution is 0.669. The number of hydrogen-bond acceptors (Lipinski definition) is 9. The van der Waals surface area contributed by atoms with Gasteiger partial charge in [0.1, 0.15) is 22.5 Å². The number of hydrogen-bond donors (Lipinski definition) is 0. The average molecular weight is 1900 g/mol. The molecule has 33 aromatic rings. The molecule has 0 N–H and O–H groups in total. The molecule has 0 spiro atoms. The van der Waals surface area contributed by atoms with Crippen molar-refractivity contribution in [2.75, 3.05) is 0 Å². The summed E-state index contributed by atoms with van der Waals surface area (Å²) in [5.41, 5.74) is 25.9. The van der Waals surface area contributed by atoms with Crippen LogP contribution in [0, 0.1) is 0 Å². The van der Waals surface area contributed by atoms with Gasteiger partial charge in [-0.1, -0.05) is 261 Å². The molecule has 0 atom stereocenters. The molecule has 0 saturated carbocycles. The first kappa shape index (κ1) is 81.6. The standard InChI is InChI=1S/C50H31N7.C41H23N3S2.C39H23N3O/c1-3-14-32(15-4-1)48-52-49(33-16-5-2-6-17-33)54-50(53-48)57-44-28-29-51-31-40(44)46-45(57)27-26-39-38-22-9-12-25-43(38)56(47(39)46)35-19-13-18-34(30-35)55-41-23-10-7-20-36(41)37-21-8-11-24-42(37)55;1-4-12-33-26(8-1)29-17-18-34-39(40(29)43(33)24-15-19-37-31(22-24)27-9-2-5-13-35(27)45-37)30-11-7-21-42-41(30)44(34)25-16-20-38-32(23-25)28-10-3-6-14-36(28)46-38;1-2-9-25-22-26(16-15-24(25)8-1)42-34-19-18-30-28-10-3-5-13-33(28)41(38(30)37(34)31-12-7-21-40-39(31)42)27-17-20-36-32(23-27)29-11-4-6-14-35(29)43-36/h1-31H;1-23H;1-23H. The molecule has 14 nitrogen and oxygen atoms in total. The molecule has 0 fully saturated rings. The fourth-order valence-electron chi connectivity index (χ4n) is 23.5. The van der Waals surface area contributed by atoms with Gasteiger partial charge in [0.15, 0.2) is 11.6 Å². The van der Waals surface area contributed by atoms with Crippen molar-refractivity contribution in [2.24, 2.45) is 0 Å². The Morgan fingerprint density at radius 1 is 0.199 bits per heavy atom. The minimum Gasteiger partial charge on any atom is -0.456 e. The zero-order chi connectivity index (χ0) is 95.5. The maximum Gasteiger partial charge on any atom is 0.238 e. The summed E-state index contributed by atoms with van der Waals surface area (Å²) in [5.74, 6) is 1.77. The first-order valence-electron chi connectivity index (χ1n) is 49.1. The van der Waals surface area contributed by atoms with Gasteiger partial charge in [-0.3, -0.25) is 18.7 Å². The van der Waals surface area contributed by atoms with E-state index in [0.29, 0.717) is 17.6 Å². The van der Waals surface area contributed by atoms with Crippen molar-refractivity contribution in [3.63, 3.8) is 0 Å². The lowest BCUT2D eigenvalue weighted by Crippen LogP contribution is -2.06. The van der Waals surface area contributed by atoms with E-state index >= 15 is 0 Å². The maximum absolute atomic E-state index is 6.19. The van der Waals surface area contributed by atoms with Gasteiger partial charge in [-0.05, 0) is 193 Å². The van der Waals surface area contributed by atoms with Crippen molar-refractivity contribution in [1.29, 1.82) is 0 Å². The summed E-state index contributed by atoms with van der Waals surface area (Å²) in [6, 6.07) is 158. The first-order valence-corrected chi connectivity index (χ1v) is 50.7. The van der Waals surface area contributed by atoms with Crippen LogP contribution >= 0.6 is 22.7 Å². The summed E-state index contributed by atoms with van der Waals surface area (Å²) in [6.07, 6.45) is 7.63. The van der Waals surface area contributed by atoms with Gasteiger partial charge in [0.25, 0.3) is 0 Å². The normalized spacial score (nSPS) is 12.1. The van der Waals surface area contributed by atoms with Gasteiger partial charge in [-0.25, -0.2) is 15.0 Å². The molecule has 19 aromatic carbocycles. The molecule has 0 unspecified atom stereocenters. The van der Waals surface area contributed by atoms with Gasteiger partial charge in [0.05, 0.1) is 66.2 Å². The maximum atomic E-state index is 6.19. The fourth-order valence-corrected chi connectivity index (χ4v) is 25.6. The highest BCUT2D eigenvalue weighted by Crippen LogP contribution is 2.50.